The third-order valence-electron chi connectivity index (χ3n) is 7.18. The fourth-order valence-corrected chi connectivity index (χ4v) is 4.72. The molecule has 0 aromatic heterocycles. The van der Waals surface area contributed by atoms with E-state index < -0.39 is 17.5 Å². The maximum atomic E-state index is 13.0. The number of carbonyl (C=O) groups is 4. The number of nitrogens with zero attached hydrogens (tertiary/aromatic N) is 2. The Morgan fingerprint density at radius 1 is 1.24 bits per heavy atom. The highest BCUT2D eigenvalue weighted by molar-refractivity contribution is 6.08. The summed E-state index contributed by atoms with van der Waals surface area (Å²) in [6, 6.07) is -0.519. The predicted octanol–water partition coefficient (Wildman–Crippen LogP) is 2.07. The number of urea groups is 1. The molecular weight excluding hydrogens is 374 g/mol. The average molecular weight is 408 g/mol. The van der Waals surface area contributed by atoms with Crippen molar-refractivity contribution in [1.29, 1.82) is 0 Å². The quantitative estimate of drug-likeness (QED) is 0.515. The molecule has 0 aromatic rings. The molecule has 8 heteroatoms. The van der Waals surface area contributed by atoms with E-state index in [4.69, 9.17) is 4.74 Å². The van der Waals surface area contributed by atoms with E-state index in [1.165, 1.54) is 0 Å². The first kappa shape index (κ1) is 21.6. The van der Waals surface area contributed by atoms with Crippen molar-refractivity contribution in [3.8, 4) is 0 Å². The third-order valence-corrected chi connectivity index (χ3v) is 7.18. The molecule has 1 aliphatic carbocycles. The van der Waals surface area contributed by atoms with Crippen LogP contribution in [0, 0.1) is 11.3 Å². The van der Waals surface area contributed by atoms with E-state index in [-0.39, 0.29) is 30.4 Å². The Bertz CT molecular complexity index is 682. The molecule has 3 aliphatic rings. The molecule has 29 heavy (non-hydrogen) atoms. The Kier molecular flexibility index (Phi) is 6.19. The van der Waals surface area contributed by atoms with Crippen molar-refractivity contribution in [2.24, 2.45) is 11.3 Å². The van der Waals surface area contributed by atoms with Crippen molar-refractivity contribution < 1.29 is 23.9 Å². The maximum Gasteiger partial charge on any atom is 0.326 e. The van der Waals surface area contributed by atoms with E-state index in [0.29, 0.717) is 38.3 Å². The molecule has 0 bridgehead atoms. The molecule has 3 rings (SSSR count). The molecule has 162 valence electrons. The first-order valence-electron chi connectivity index (χ1n) is 10.8. The van der Waals surface area contributed by atoms with Gasteiger partial charge in [0.15, 0.2) is 0 Å². The van der Waals surface area contributed by atoms with Gasteiger partial charge in [-0.15, -0.1) is 0 Å². The van der Waals surface area contributed by atoms with Gasteiger partial charge in [0.2, 0.25) is 5.91 Å². The summed E-state index contributed by atoms with van der Waals surface area (Å²) < 4.78 is 5.16. The van der Waals surface area contributed by atoms with Crippen LogP contribution in [0.3, 0.4) is 0 Å². The highest BCUT2D eigenvalue weighted by Gasteiger charge is 2.53. The van der Waals surface area contributed by atoms with Crippen molar-refractivity contribution in [2.45, 2.75) is 71.3 Å². The van der Waals surface area contributed by atoms with Gasteiger partial charge >= 0.3 is 12.0 Å². The maximum absolute atomic E-state index is 13.0. The number of rotatable bonds is 7. The summed E-state index contributed by atoms with van der Waals surface area (Å²) in [5.41, 5.74) is -0.660. The third kappa shape index (κ3) is 4.41. The number of likely N-dealkylation sites (tertiary alicyclic amines) is 1. The molecule has 0 radical (unpaired) electrons. The van der Waals surface area contributed by atoms with Gasteiger partial charge in [0.1, 0.15) is 18.7 Å². The van der Waals surface area contributed by atoms with Crippen LogP contribution in [0.25, 0.3) is 0 Å². The summed E-state index contributed by atoms with van der Waals surface area (Å²) in [7, 11) is 0. The van der Waals surface area contributed by atoms with Crippen molar-refractivity contribution in [3.05, 3.63) is 0 Å². The molecule has 0 aromatic carbocycles. The lowest BCUT2D eigenvalue weighted by Gasteiger charge is -2.42. The number of carbonyl (C=O) groups excluding carboxylic acids is 4. The van der Waals surface area contributed by atoms with Gasteiger partial charge in [0, 0.05) is 13.0 Å². The van der Waals surface area contributed by atoms with Crippen LogP contribution in [0.1, 0.15) is 65.7 Å². The zero-order valence-corrected chi connectivity index (χ0v) is 17.8. The molecule has 2 saturated heterocycles. The minimum absolute atomic E-state index is 0.0685. The van der Waals surface area contributed by atoms with Crippen molar-refractivity contribution in [3.63, 3.8) is 0 Å². The summed E-state index contributed by atoms with van der Waals surface area (Å²) in [4.78, 5) is 51.7. The van der Waals surface area contributed by atoms with E-state index in [0.717, 1.165) is 30.6 Å². The molecule has 1 N–H and O–H groups in total. The minimum atomic E-state index is -0.875. The lowest BCUT2D eigenvalue weighted by molar-refractivity contribution is -0.149. The second-order valence-electron chi connectivity index (χ2n) is 9.22. The molecule has 2 heterocycles. The van der Waals surface area contributed by atoms with Crippen LogP contribution in [0.15, 0.2) is 0 Å². The smallest absolute Gasteiger partial charge is 0.326 e. The van der Waals surface area contributed by atoms with Crippen LogP contribution < -0.4 is 5.32 Å². The number of hydrogen-bond donors (Lipinski definition) is 1. The number of imide groups is 1. The first-order valence-corrected chi connectivity index (χ1v) is 10.8. The SMILES string of the molecule is CCC(C)(C)C1CCC2(CC1)NC(=O)N(CC(=O)OCCN1CCCC1=O)C2=O. The van der Waals surface area contributed by atoms with Gasteiger partial charge in [-0.05, 0) is 43.4 Å². The van der Waals surface area contributed by atoms with Crippen LogP contribution in [0.2, 0.25) is 0 Å². The lowest BCUT2D eigenvalue weighted by Crippen LogP contribution is -2.51. The number of amides is 4. The Morgan fingerprint density at radius 2 is 1.93 bits per heavy atom. The lowest BCUT2D eigenvalue weighted by atomic mass is 9.65. The zero-order chi connectivity index (χ0) is 21.2. The topological polar surface area (TPSA) is 96.0 Å². The Hall–Kier alpha value is -2.12. The normalized spacial score (nSPS) is 27.7. The summed E-state index contributed by atoms with van der Waals surface area (Å²) in [6.07, 6.45) is 5.42. The average Bonchev–Trinajstić information content (AvgIpc) is 3.19. The van der Waals surface area contributed by atoms with E-state index in [1.807, 2.05) is 0 Å². The highest BCUT2D eigenvalue weighted by Crippen LogP contribution is 2.45. The van der Waals surface area contributed by atoms with Crippen LogP contribution in [0.5, 0.6) is 0 Å². The van der Waals surface area contributed by atoms with Gasteiger partial charge in [-0.1, -0.05) is 27.2 Å². The first-order chi connectivity index (χ1) is 13.7. The highest BCUT2D eigenvalue weighted by atomic mass is 16.5. The summed E-state index contributed by atoms with van der Waals surface area (Å²) in [5.74, 6) is -0.353. The number of nitrogens with one attached hydrogen (secondary N) is 1. The standard InChI is InChI=1S/C21H33N3O5/c1-4-20(2,3)15-7-9-21(10-8-15)18(27)24(19(28)22-21)14-17(26)29-13-12-23-11-5-6-16(23)25/h15H,4-14H2,1-3H3,(H,22,28). The molecule has 1 saturated carbocycles. The number of hydrogen-bond acceptors (Lipinski definition) is 5. The van der Waals surface area contributed by atoms with Gasteiger partial charge in [-0.3, -0.25) is 19.3 Å². The fourth-order valence-electron chi connectivity index (χ4n) is 4.72. The van der Waals surface area contributed by atoms with Crippen LogP contribution in [-0.4, -0.2) is 65.4 Å². The summed E-state index contributed by atoms with van der Waals surface area (Å²) >= 11 is 0. The van der Waals surface area contributed by atoms with Gasteiger partial charge in [-0.2, -0.15) is 0 Å². The molecule has 0 atom stereocenters. The summed E-state index contributed by atoms with van der Waals surface area (Å²) in [5, 5.41) is 2.85. The molecule has 4 amide bonds. The molecular formula is C21H33N3O5. The molecule has 8 nitrogen and oxygen atoms in total. The van der Waals surface area contributed by atoms with E-state index in [2.05, 4.69) is 26.1 Å². The van der Waals surface area contributed by atoms with Crippen molar-refractivity contribution in [2.75, 3.05) is 26.2 Å². The van der Waals surface area contributed by atoms with Crippen LogP contribution in [-0.2, 0) is 19.1 Å². The van der Waals surface area contributed by atoms with Gasteiger partial charge < -0.3 is 15.0 Å². The predicted molar refractivity (Wildman–Crippen MR) is 106 cm³/mol. The van der Waals surface area contributed by atoms with Crippen LogP contribution >= 0.6 is 0 Å². The zero-order valence-electron chi connectivity index (χ0n) is 17.8. The van der Waals surface area contributed by atoms with E-state index >= 15 is 0 Å². The Balaban J connectivity index is 1.50. The molecule has 2 aliphatic heterocycles. The van der Waals surface area contributed by atoms with Gasteiger partial charge in [0.05, 0.1) is 6.54 Å². The van der Waals surface area contributed by atoms with Gasteiger partial charge in [0.25, 0.3) is 5.91 Å². The van der Waals surface area contributed by atoms with E-state index in [1.54, 1.807) is 4.90 Å². The monoisotopic (exact) mass is 407 g/mol. The fraction of sp³-hybridized carbons (Fsp3) is 0.810. The number of ether oxygens (including phenoxy) is 1. The largest absolute Gasteiger partial charge is 0.462 e. The second kappa shape index (κ2) is 8.32. The Morgan fingerprint density at radius 3 is 2.52 bits per heavy atom. The van der Waals surface area contributed by atoms with Crippen molar-refractivity contribution >= 4 is 23.8 Å². The Labute approximate surface area is 172 Å². The number of esters is 1. The van der Waals surface area contributed by atoms with Gasteiger partial charge in [-0.25, -0.2) is 4.79 Å². The summed E-state index contributed by atoms with van der Waals surface area (Å²) in [6.45, 7) is 7.41. The minimum Gasteiger partial charge on any atom is -0.462 e. The van der Waals surface area contributed by atoms with Crippen LogP contribution in [0.4, 0.5) is 4.79 Å². The molecule has 3 fully saturated rings. The second-order valence-corrected chi connectivity index (χ2v) is 9.22. The van der Waals surface area contributed by atoms with E-state index in [9.17, 15) is 19.2 Å². The van der Waals surface area contributed by atoms with Crippen molar-refractivity contribution in [1.82, 2.24) is 15.1 Å². The molecule has 1 spiro atoms. The molecule has 0 unspecified atom stereocenters.